The normalized spacial score (nSPS) is 9.62. The van der Waals surface area contributed by atoms with Gasteiger partial charge in [-0.15, -0.1) is 0 Å². The third kappa shape index (κ3) is 2.02. The molecule has 0 atom stereocenters. The largest absolute Gasteiger partial charge is 0.505 e. The standard InChI is InChI=1S/C9H11BO3/c1-2-13-8-4-6(5-11)3-7(10)9(8)12/h3-5,12H,2,10H2,1H3. The highest BCUT2D eigenvalue weighted by atomic mass is 16.5. The minimum absolute atomic E-state index is 0.104. The second-order valence-corrected chi connectivity index (χ2v) is 2.74. The molecule has 1 aromatic rings. The van der Waals surface area contributed by atoms with E-state index in [1.165, 1.54) is 6.07 Å². The summed E-state index contributed by atoms with van der Waals surface area (Å²) >= 11 is 0. The molecule has 0 aromatic heterocycles. The van der Waals surface area contributed by atoms with Crippen LogP contribution in [-0.2, 0) is 0 Å². The molecule has 0 aliphatic heterocycles. The van der Waals surface area contributed by atoms with Gasteiger partial charge in [0.1, 0.15) is 14.1 Å². The lowest BCUT2D eigenvalue weighted by molar-refractivity contribution is 0.112. The van der Waals surface area contributed by atoms with Crippen molar-refractivity contribution in [3.8, 4) is 11.5 Å². The second kappa shape index (κ2) is 3.98. The van der Waals surface area contributed by atoms with Crippen molar-refractivity contribution in [1.82, 2.24) is 0 Å². The van der Waals surface area contributed by atoms with Crippen LogP contribution in [0.5, 0.6) is 11.5 Å². The molecule has 4 heteroatoms. The maximum absolute atomic E-state index is 10.5. The van der Waals surface area contributed by atoms with Crippen molar-refractivity contribution in [1.29, 1.82) is 0 Å². The van der Waals surface area contributed by atoms with Gasteiger partial charge in [-0.3, -0.25) is 4.79 Å². The minimum atomic E-state index is 0.104. The van der Waals surface area contributed by atoms with E-state index in [9.17, 15) is 9.90 Å². The summed E-state index contributed by atoms with van der Waals surface area (Å²) in [6.45, 7) is 2.29. The van der Waals surface area contributed by atoms with E-state index in [-0.39, 0.29) is 5.75 Å². The van der Waals surface area contributed by atoms with Crippen LogP contribution in [0.1, 0.15) is 17.3 Å². The molecule has 0 bridgehead atoms. The van der Waals surface area contributed by atoms with Crippen molar-refractivity contribution in [2.24, 2.45) is 0 Å². The monoisotopic (exact) mass is 178 g/mol. The molecule has 1 N–H and O–H groups in total. The number of benzene rings is 1. The van der Waals surface area contributed by atoms with E-state index in [1.54, 1.807) is 13.9 Å². The fourth-order valence-corrected chi connectivity index (χ4v) is 1.11. The number of phenols is 1. The Hall–Kier alpha value is -1.45. The summed E-state index contributed by atoms with van der Waals surface area (Å²) in [5.74, 6) is 0.469. The zero-order valence-corrected chi connectivity index (χ0v) is 7.70. The molecular formula is C9H11BO3. The summed E-state index contributed by atoms with van der Waals surface area (Å²) in [4.78, 5) is 10.5. The number of carbonyl (C=O) groups excluding carboxylic acids is 1. The van der Waals surface area contributed by atoms with Crippen LogP contribution in [0, 0.1) is 0 Å². The average Bonchev–Trinajstić information content (AvgIpc) is 2.13. The van der Waals surface area contributed by atoms with Gasteiger partial charge < -0.3 is 9.84 Å². The summed E-state index contributed by atoms with van der Waals surface area (Å²) in [7, 11) is 1.73. The van der Waals surface area contributed by atoms with E-state index >= 15 is 0 Å². The zero-order chi connectivity index (χ0) is 9.84. The van der Waals surface area contributed by atoms with E-state index in [4.69, 9.17) is 4.74 Å². The van der Waals surface area contributed by atoms with E-state index < -0.39 is 0 Å². The van der Waals surface area contributed by atoms with Crippen LogP contribution in [-0.4, -0.2) is 25.8 Å². The van der Waals surface area contributed by atoms with Gasteiger partial charge >= 0.3 is 0 Å². The highest BCUT2D eigenvalue weighted by Crippen LogP contribution is 2.23. The Bertz CT molecular complexity index is 323. The first kappa shape index (κ1) is 9.64. The van der Waals surface area contributed by atoms with Crippen LogP contribution >= 0.6 is 0 Å². The second-order valence-electron chi connectivity index (χ2n) is 2.74. The molecular weight excluding hydrogens is 167 g/mol. The molecule has 68 valence electrons. The summed E-state index contributed by atoms with van der Waals surface area (Å²) < 4.78 is 5.15. The third-order valence-electron chi connectivity index (χ3n) is 1.72. The number of aldehydes is 1. The molecule has 0 radical (unpaired) electrons. The van der Waals surface area contributed by atoms with Crippen molar-refractivity contribution in [2.75, 3.05) is 6.61 Å². The Morgan fingerprint density at radius 2 is 2.31 bits per heavy atom. The minimum Gasteiger partial charge on any atom is -0.505 e. The lowest BCUT2D eigenvalue weighted by Crippen LogP contribution is -2.07. The summed E-state index contributed by atoms with van der Waals surface area (Å²) in [6.07, 6.45) is 0.731. The van der Waals surface area contributed by atoms with Crippen molar-refractivity contribution in [2.45, 2.75) is 6.92 Å². The number of carbonyl (C=O) groups is 1. The van der Waals surface area contributed by atoms with E-state index in [0.29, 0.717) is 23.4 Å². The number of hydrogen-bond donors (Lipinski definition) is 1. The molecule has 0 saturated carbocycles. The van der Waals surface area contributed by atoms with Crippen molar-refractivity contribution >= 4 is 19.6 Å². The molecule has 13 heavy (non-hydrogen) atoms. The maximum atomic E-state index is 10.5. The summed E-state index contributed by atoms with van der Waals surface area (Å²) in [5, 5.41) is 9.51. The molecule has 0 unspecified atom stereocenters. The molecule has 1 aromatic carbocycles. The Morgan fingerprint density at radius 1 is 1.62 bits per heavy atom. The van der Waals surface area contributed by atoms with Gasteiger partial charge in [-0.2, -0.15) is 0 Å². The number of ether oxygens (including phenoxy) is 1. The Balaban J connectivity index is 3.16. The molecule has 0 spiro atoms. The van der Waals surface area contributed by atoms with Crippen LogP contribution in [0.2, 0.25) is 0 Å². The first-order valence-corrected chi connectivity index (χ1v) is 4.10. The highest BCUT2D eigenvalue weighted by Gasteiger charge is 2.06. The smallest absolute Gasteiger partial charge is 0.160 e. The molecule has 0 saturated heterocycles. The zero-order valence-electron chi connectivity index (χ0n) is 7.70. The van der Waals surface area contributed by atoms with Crippen molar-refractivity contribution in [3.05, 3.63) is 17.7 Å². The van der Waals surface area contributed by atoms with Crippen molar-refractivity contribution < 1.29 is 14.6 Å². The number of phenolic OH excluding ortho intramolecular Hbond substituents is 1. The van der Waals surface area contributed by atoms with Gasteiger partial charge in [-0.05, 0) is 18.5 Å². The first-order chi connectivity index (χ1) is 6.19. The van der Waals surface area contributed by atoms with Gasteiger partial charge in [0, 0.05) is 5.56 Å². The molecule has 0 amide bonds. The van der Waals surface area contributed by atoms with Gasteiger partial charge in [-0.1, -0.05) is 6.07 Å². The molecule has 0 heterocycles. The van der Waals surface area contributed by atoms with Gasteiger partial charge in [-0.25, -0.2) is 0 Å². The lowest BCUT2D eigenvalue weighted by atomic mass is 9.93. The van der Waals surface area contributed by atoms with E-state index in [1.807, 2.05) is 6.92 Å². The van der Waals surface area contributed by atoms with Crippen LogP contribution in [0.25, 0.3) is 0 Å². The molecule has 0 aliphatic carbocycles. The molecule has 1 rings (SSSR count). The highest BCUT2D eigenvalue weighted by molar-refractivity contribution is 6.34. The van der Waals surface area contributed by atoms with Gasteiger partial charge in [0.2, 0.25) is 0 Å². The van der Waals surface area contributed by atoms with Crippen LogP contribution in [0.3, 0.4) is 0 Å². The third-order valence-corrected chi connectivity index (χ3v) is 1.72. The van der Waals surface area contributed by atoms with Crippen LogP contribution < -0.4 is 10.2 Å². The molecule has 0 fully saturated rings. The summed E-state index contributed by atoms with van der Waals surface area (Å²) in [6, 6.07) is 3.14. The van der Waals surface area contributed by atoms with Crippen LogP contribution in [0.4, 0.5) is 0 Å². The maximum Gasteiger partial charge on any atom is 0.160 e. The number of aromatic hydroxyl groups is 1. The predicted molar refractivity (Wildman–Crippen MR) is 52.8 cm³/mol. The average molecular weight is 178 g/mol. The fourth-order valence-electron chi connectivity index (χ4n) is 1.11. The topological polar surface area (TPSA) is 46.5 Å². The Morgan fingerprint density at radius 3 is 2.85 bits per heavy atom. The fraction of sp³-hybridized carbons (Fsp3) is 0.222. The van der Waals surface area contributed by atoms with Gasteiger partial charge in [0.05, 0.1) is 6.61 Å². The van der Waals surface area contributed by atoms with Gasteiger partial charge in [0.15, 0.2) is 11.5 Å². The van der Waals surface area contributed by atoms with Crippen molar-refractivity contribution in [3.63, 3.8) is 0 Å². The Kier molecular flexibility index (Phi) is 2.95. The Labute approximate surface area is 77.7 Å². The van der Waals surface area contributed by atoms with Gasteiger partial charge in [0.25, 0.3) is 0 Å². The summed E-state index contributed by atoms with van der Waals surface area (Å²) in [5.41, 5.74) is 1.16. The molecule has 0 aliphatic rings. The lowest BCUT2D eigenvalue weighted by Gasteiger charge is -2.08. The van der Waals surface area contributed by atoms with Crippen LogP contribution in [0.15, 0.2) is 12.1 Å². The van der Waals surface area contributed by atoms with E-state index in [2.05, 4.69) is 0 Å². The predicted octanol–water partition coefficient (Wildman–Crippen LogP) is -0.138. The number of hydrogen-bond acceptors (Lipinski definition) is 3. The molecule has 3 nitrogen and oxygen atoms in total. The quantitative estimate of drug-likeness (QED) is 0.517. The van der Waals surface area contributed by atoms with E-state index in [0.717, 1.165) is 6.29 Å². The first-order valence-electron chi connectivity index (χ1n) is 4.10. The SMILES string of the molecule is Bc1cc(C=O)cc(OCC)c1O. The number of rotatable bonds is 3.